The van der Waals surface area contributed by atoms with E-state index in [0.29, 0.717) is 5.41 Å². The van der Waals surface area contributed by atoms with Crippen LogP contribution in [0.25, 0.3) is 0 Å². The molecule has 0 spiro atoms. The van der Waals surface area contributed by atoms with Crippen molar-refractivity contribution < 1.29 is 0 Å². The highest BCUT2D eigenvalue weighted by molar-refractivity contribution is 4.95. The normalized spacial score (nSPS) is 13.6. The van der Waals surface area contributed by atoms with E-state index < -0.39 is 0 Å². The maximum atomic E-state index is 5.57. The molecule has 0 aliphatic carbocycles. The second-order valence-corrected chi connectivity index (χ2v) is 3.67. The Balaban J connectivity index is 3.98. The zero-order valence-electron chi connectivity index (χ0n) is 8.28. The lowest BCUT2D eigenvalue weighted by Crippen LogP contribution is -2.12. The van der Waals surface area contributed by atoms with E-state index in [4.69, 9.17) is 5.73 Å². The summed E-state index contributed by atoms with van der Waals surface area (Å²) in [6.07, 6.45) is 5.70. The highest BCUT2D eigenvalue weighted by Gasteiger charge is 2.17. The highest BCUT2D eigenvalue weighted by atomic mass is 14.5. The van der Waals surface area contributed by atoms with Crippen molar-refractivity contribution >= 4 is 0 Å². The van der Waals surface area contributed by atoms with Gasteiger partial charge in [0.2, 0.25) is 0 Å². The van der Waals surface area contributed by atoms with E-state index in [-0.39, 0.29) is 0 Å². The zero-order valence-corrected chi connectivity index (χ0v) is 8.28. The number of allylic oxidation sites excluding steroid dienone is 2. The lowest BCUT2D eigenvalue weighted by molar-refractivity contribution is 0.301. The third-order valence-corrected chi connectivity index (χ3v) is 2.62. The Morgan fingerprint density at radius 1 is 1.36 bits per heavy atom. The van der Waals surface area contributed by atoms with Crippen molar-refractivity contribution in [2.75, 3.05) is 0 Å². The first-order chi connectivity index (χ1) is 5.04. The molecule has 0 aromatic rings. The minimum Gasteiger partial charge on any atom is -0.403 e. The summed E-state index contributed by atoms with van der Waals surface area (Å²) in [6, 6.07) is 0. The number of nitrogens with two attached hydrogens (primary N) is 1. The van der Waals surface area contributed by atoms with Crippen molar-refractivity contribution in [3.63, 3.8) is 0 Å². The molecule has 0 aromatic carbocycles. The molecule has 1 heteroatoms. The third kappa shape index (κ3) is 4.07. The lowest BCUT2D eigenvalue weighted by Gasteiger charge is -2.24. The van der Waals surface area contributed by atoms with Gasteiger partial charge in [-0.15, -0.1) is 0 Å². The van der Waals surface area contributed by atoms with Crippen LogP contribution in [0.2, 0.25) is 0 Å². The van der Waals surface area contributed by atoms with Crippen LogP contribution in [-0.4, -0.2) is 0 Å². The minimum atomic E-state index is 0.459. The standard InChI is InChI=1S/C10H21N/c1-5-10(4,6-2)8-7-9(3)11/h7H,5-6,8,11H2,1-4H3/b9-7+. The van der Waals surface area contributed by atoms with Crippen LogP contribution in [0.3, 0.4) is 0 Å². The fourth-order valence-electron chi connectivity index (χ4n) is 0.946. The summed E-state index contributed by atoms with van der Waals surface area (Å²) < 4.78 is 0. The van der Waals surface area contributed by atoms with E-state index >= 15 is 0 Å². The average molecular weight is 155 g/mol. The predicted octanol–water partition coefficient (Wildman–Crippen LogP) is 3.07. The largest absolute Gasteiger partial charge is 0.403 e. The van der Waals surface area contributed by atoms with Gasteiger partial charge in [0.1, 0.15) is 0 Å². The Bertz CT molecular complexity index is 128. The van der Waals surface area contributed by atoms with Crippen molar-refractivity contribution in [3.8, 4) is 0 Å². The Labute approximate surface area is 70.7 Å². The van der Waals surface area contributed by atoms with Gasteiger partial charge in [0, 0.05) is 5.70 Å². The molecule has 0 aliphatic rings. The van der Waals surface area contributed by atoms with E-state index in [9.17, 15) is 0 Å². The topological polar surface area (TPSA) is 26.0 Å². The van der Waals surface area contributed by atoms with Crippen LogP contribution in [0, 0.1) is 5.41 Å². The summed E-state index contributed by atoms with van der Waals surface area (Å²) in [4.78, 5) is 0. The van der Waals surface area contributed by atoms with Gasteiger partial charge < -0.3 is 5.73 Å². The van der Waals surface area contributed by atoms with Gasteiger partial charge in [-0.05, 0) is 18.8 Å². The van der Waals surface area contributed by atoms with Crippen LogP contribution in [0.5, 0.6) is 0 Å². The molecule has 66 valence electrons. The van der Waals surface area contributed by atoms with Crippen LogP contribution in [-0.2, 0) is 0 Å². The van der Waals surface area contributed by atoms with E-state index in [1.54, 1.807) is 0 Å². The van der Waals surface area contributed by atoms with Gasteiger partial charge in [-0.2, -0.15) is 0 Å². The molecule has 0 amide bonds. The van der Waals surface area contributed by atoms with Gasteiger partial charge in [0.15, 0.2) is 0 Å². The molecule has 0 aromatic heterocycles. The van der Waals surface area contributed by atoms with Gasteiger partial charge in [-0.3, -0.25) is 0 Å². The van der Waals surface area contributed by atoms with Crippen molar-refractivity contribution in [2.24, 2.45) is 11.1 Å². The molecular formula is C10H21N. The smallest absolute Gasteiger partial charge is 0.000853 e. The summed E-state index contributed by atoms with van der Waals surface area (Å²) in [5, 5.41) is 0. The molecule has 0 fully saturated rings. The van der Waals surface area contributed by atoms with Gasteiger partial charge in [-0.25, -0.2) is 0 Å². The fraction of sp³-hybridized carbons (Fsp3) is 0.800. The molecule has 1 nitrogen and oxygen atoms in total. The van der Waals surface area contributed by atoms with Gasteiger partial charge >= 0.3 is 0 Å². The second-order valence-electron chi connectivity index (χ2n) is 3.67. The minimum absolute atomic E-state index is 0.459. The third-order valence-electron chi connectivity index (χ3n) is 2.62. The van der Waals surface area contributed by atoms with E-state index in [2.05, 4.69) is 26.8 Å². The molecule has 0 heterocycles. The maximum absolute atomic E-state index is 5.57. The van der Waals surface area contributed by atoms with E-state index in [1.807, 2.05) is 6.92 Å². The van der Waals surface area contributed by atoms with Crippen LogP contribution < -0.4 is 5.73 Å². The summed E-state index contributed by atoms with van der Waals surface area (Å²) in [6.45, 7) is 8.74. The van der Waals surface area contributed by atoms with Crippen molar-refractivity contribution in [2.45, 2.75) is 47.0 Å². The van der Waals surface area contributed by atoms with Crippen molar-refractivity contribution in [1.82, 2.24) is 0 Å². The molecule has 2 N–H and O–H groups in total. The van der Waals surface area contributed by atoms with Crippen LogP contribution in [0.15, 0.2) is 11.8 Å². The first kappa shape index (κ1) is 10.5. The Morgan fingerprint density at radius 3 is 2.09 bits per heavy atom. The van der Waals surface area contributed by atoms with Crippen molar-refractivity contribution in [3.05, 3.63) is 11.8 Å². The highest BCUT2D eigenvalue weighted by Crippen LogP contribution is 2.29. The van der Waals surface area contributed by atoms with Crippen LogP contribution in [0.4, 0.5) is 0 Å². The van der Waals surface area contributed by atoms with Crippen molar-refractivity contribution in [1.29, 1.82) is 0 Å². The molecular weight excluding hydrogens is 134 g/mol. The maximum Gasteiger partial charge on any atom is 0.000853 e. The first-order valence-electron chi connectivity index (χ1n) is 4.46. The molecule has 0 saturated carbocycles. The zero-order chi connectivity index (χ0) is 8.91. The molecule has 0 aliphatic heterocycles. The summed E-state index contributed by atoms with van der Waals surface area (Å²) in [7, 11) is 0. The van der Waals surface area contributed by atoms with Gasteiger partial charge in [0.25, 0.3) is 0 Å². The lowest BCUT2D eigenvalue weighted by atomic mass is 9.81. The molecule has 0 saturated heterocycles. The monoisotopic (exact) mass is 155 g/mol. The molecule has 11 heavy (non-hydrogen) atoms. The van der Waals surface area contributed by atoms with Gasteiger partial charge in [0.05, 0.1) is 0 Å². The quantitative estimate of drug-likeness (QED) is 0.663. The van der Waals surface area contributed by atoms with E-state index in [0.717, 1.165) is 12.1 Å². The molecule has 0 atom stereocenters. The fourth-order valence-corrected chi connectivity index (χ4v) is 0.946. The predicted molar refractivity (Wildman–Crippen MR) is 51.3 cm³/mol. The first-order valence-corrected chi connectivity index (χ1v) is 4.46. The second kappa shape index (κ2) is 4.42. The average Bonchev–Trinajstić information content (AvgIpc) is 2.00. The molecule has 0 rings (SSSR count). The number of rotatable bonds is 4. The molecule has 0 unspecified atom stereocenters. The number of hydrogen-bond acceptors (Lipinski definition) is 1. The molecule has 0 bridgehead atoms. The van der Waals surface area contributed by atoms with Crippen LogP contribution in [0.1, 0.15) is 47.0 Å². The summed E-state index contributed by atoms with van der Waals surface area (Å²) in [5.41, 5.74) is 6.97. The van der Waals surface area contributed by atoms with Crippen LogP contribution >= 0.6 is 0 Å². The Morgan fingerprint density at radius 2 is 1.82 bits per heavy atom. The summed E-state index contributed by atoms with van der Waals surface area (Å²) in [5.74, 6) is 0. The SMILES string of the molecule is CCC(C)(CC)C/C=C(\C)N. The van der Waals surface area contributed by atoms with E-state index in [1.165, 1.54) is 12.8 Å². The number of hydrogen-bond donors (Lipinski definition) is 1. The molecule has 0 radical (unpaired) electrons. The summed E-state index contributed by atoms with van der Waals surface area (Å²) >= 11 is 0. The Kier molecular flexibility index (Phi) is 4.24. The van der Waals surface area contributed by atoms with Gasteiger partial charge in [-0.1, -0.05) is 39.7 Å². The Hall–Kier alpha value is -0.460.